The average molecular weight is 476 g/mol. The Morgan fingerprint density at radius 3 is 2.21 bits per heavy atom. The number of sulfonamides is 1. The van der Waals surface area contributed by atoms with E-state index in [4.69, 9.17) is 0 Å². The van der Waals surface area contributed by atoms with Gasteiger partial charge in [0, 0.05) is 25.6 Å². The van der Waals surface area contributed by atoms with Gasteiger partial charge in [-0.3, -0.25) is 9.59 Å². The maximum absolute atomic E-state index is 13.3. The van der Waals surface area contributed by atoms with E-state index in [0.717, 1.165) is 12.1 Å². The maximum atomic E-state index is 13.3. The Labute approximate surface area is 194 Å². The maximum Gasteiger partial charge on any atom is 0.249 e. The van der Waals surface area contributed by atoms with E-state index in [1.165, 1.54) is 12.1 Å². The monoisotopic (exact) mass is 475 g/mol. The van der Waals surface area contributed by atoms with Gasteiger partial charge in [0.2, 0.25) is 21.8 Å². The summed E-state index contributed by atoms with van der Waals surface area (Å²) in [6.07, 6.45) is 1.20. The highest BCUT2D eigenvalue weighted by molar-refractivity contribution is 7.89. The molecule has 7 nitrogen and oxygen atoms in total. The molecule has 1 unspecified atom stereocenters. The van der Waals surface area contributed by atoms with Crippen LogP contribution in [0.3, 0.4) is 0 Å². The number of amides is 2. The van der Waals surface area contributed by atoms with Crippen LogP contribution in [0.2, 0.25) is 0 Å². The van der Waals surface area contributed by atoms with E-state index in [2.05, 4.69) is 10.0 Å². The molecular weight excluding hydrogens is 445 g/mol. The number of nitrogens with one attached hydrogen (secondary N) is 2. The molecule has 2 amide bonds. The van der Waals surface area contributed by atoms with E-state index in [0.29, 0.717) is 37.9 Å². The number of halogens is 1. The number of rotatable bonds is 8. The Bertz CT molecular complexity index is 1050. The minimum absolute atomic E-state index is 0.000544. The van der Waals surface area contributed by atoms with Crippen molar-refractivity contribution in [2.24, 2.45) is 5.92 Å². The van der Waals surface area contributed by atoms with Crippen LogP contribution in [0, 0.1) is 11.7 Å². The third-order valence-corrected chi connectivity index (χ3v) is 7.07. The molecule has 1 fully saturated rings. The fourth-order valence-electron chi connectivity index (χ4n) is 3.83. The number of nitrogens with zero attached hydrogens (tertiary/aromatic N) is 1. The highest BCUT2D eigenvalue weighted by atomic mass is 32.2. The topological polar surface area (TPSA) is 95.6 Å². The van der Waals surface area contributed by atoms with Crippen molar-refractivity contribution in [2.45, 2.75) is 50.1 Å². The second-order valence-corrected chi connectivity index (χ2v) is 10.4. The summed E-state index contributed by atoms with van der Waals surface area (Å²) in [4.78, 5) is 27.4. The number of piperidine rings is 1. The van der Waals surface area contributed by atoms with Gasteiger partial charge in [0.15, 0.2) is 0 Å². The van der Waals surface area contributed by atoms with E-state index < -0.39 is 21.9 Å². The van der Waals surface area contributed by atoms with Crippen molar-refractivity contribution in [3.63, 3.8) is 0 Å². The molecule has 0 bridgehead atoms. The van der Waals surface area contributed by atoms with Crippen LogP contribution in [0.25, 0.3) is 0 Å². The molecule has 1 atom stereocenters. The Balaban J connectivity index is 1.64. The van der Waals surface area contributed by atoms with Gasteiger partial charge in [0.25, 0.3) is 0 Å². The molecule has 2 N–H and O–H groups in total. The van der Waals surface area contributed by atoms with E-state index >= 15 is 0 Å². The van der Waals surface area contributed by atoms with E-state index in [-0.39, 0.29) is 28.7 Å². The molecule has 0 spiro atoms. The van der Waals surface area contributed by atoms with Crippen molar-refractivity contribution < 1.29 is 22.4 Å². The quantitative estimate of drug-likeness (QED) is 0.614. The minimum Gasteiger partial charge on any atom is -0.341 e. The molecule has 1 aliphatic heterocycles. The highest BCUT2D eigenvalue weighted by Crippen LogP contribution is 2.21. The van der Waals surface area contributed by atoms with Crippen LogP contribution < -0.4 is 10.0 Å². The first-order chi connectivity index (χ1) is 15.7. The first-order valence-electron chi connectivity index (χ1n) is 11.1. The number of likely N-dealkylation sites (tertiary alicyclic amines) is 1. The Morgan fingerprint density at radius 1 is 1.03 bits per heavy atom. The standard InChI is InChI=1S/C24H30FN3O4S/c1-17(2)16-22(29)26-23(18-6-4-3-5-7-18)24(30)28-14-12-20(13-15-28)27-33(31,32)21-10-8-19(25)9-11-21/h3-11,17,20,23,27H,12-16H2,1-2H3,(H,26,29). The summed E-state index contributed by atoms with van der Waals surface area (Å²) >= 11 is 0. The molecule has 178 valence electrons. The van der Waals surface area contributed by atoms with Gasteiger partial charge >= 0.3 is 0 Å². The Hall–Kier alpha value is -2.78. The lowest BCUT2D eigenvalue weighted by atomic mass is 10.0. The molecule has 1 aliphatic rings. The van der Waals surface area contributed by atoms with Gasteiger partial charge in [-0.25, -0.2) is 17.5 Å². The zero-order chi connectivity index (χ0) is 24.0. The molecule has 2 aromatic carbocycles. The molecule has 3 rings (SSSR count). The molecular formula is C24H30FN3O4S. The first kappa shape index (κ1) is 24.9. The fourth-order valence-corrected chi connectivity index (χ4v) is 5.13. The summed E-state index contributed by atoms with van der Waals surface area (Å²) in [6.45, 7) is 4.60. The number of carbonyl (C=O) groups excluding carboxylic acids is 2. The SMILES string of the molecule is CC(C)CC(=O)NC(C(=O)N1CCC(NS(=O)(=O)c2ccc(F)cc2)CC1)c1ccccc1. The van der Waals surface area contributed by atoms with Crippen molar-refractivity contribution >= 4 is 21.8 Å². The van der Waals surface area contributed by atoms with Crippen LogP contribution in [0.1, 0.15) is 44.7 Å². The lowest BCUT2D eigenvalue weighted by Crippen LogP contribution is -2.50. The summed E-state index contributed by atoms with van der Waals surface area (Å²) in [5.74, 6) is -0.733. The average Bonchev–Trinajstić information content (AvgIpc) is 2.78. The number of carbonyl (C=O) groups is 2. The summed E-state index contributed by atoms with van der Waals surface area (Å²) in [6, 6.07) is 12.6. The normalized spacial score (nSPS) is 15.9. The van der Waals surface area contributed by atoms with Gasteiger partial charge in [-0.15, -0.1) is 0 Å². The second kappa shape index (κ2) is 10.9. The van der Waals surface area contributed by atoms with Crippen LogP contribution >= 0.6 is 0 Å². The molecule has 0 aromatic heterocycles. The van der Waals surface area contributed by atoms with Gasteiger partial charge < -0.3 is 10.2 Å². The Kier molecular flexibility index (Phi) is 8.20. The van der Waals surface area contributed by atoms with Crippen molar-refractivity contribution in [2.75, 3.05) is 13.1 Å². The van der Waals surface area contributed by atoms with Crippen LogP contribution in [0.15, 0.2) is 59.5 Å². The van der Waals surface area contributed by atoms with Crippen LogP contribution in [0.5, 0.6) is 0 Å². The summed E-state index contributed by atoms with van der Waals surface area (Å²) in [5, 5.41) is 2.86. The van der Waals surface area contributed by atoms with Gasteiger partial charge in [-0.1, -0.05) is 44.2 Å². The third kappa shape index (κ3) is 6.85. The fraction of sp³-hybridized carbons (Fsp3) is 0.417. The van der Waals surface area contributed by atoms with E-state index in [1.807, 2.05) is 44.2 Å². The number of hydrogen-bond donors (Lipinski definition) is 2. The predicted molar refractivity (Wildman–Crippen MR) is 123 cm³/mol. The molecule has 2 aromatic rings. The zero-order valence-corrected chi connectivity index (χ0v) is 19.6. The molecule has 9 heteroatoms. The Morgan fingerprint density at radius 2 is 1.64 bits per heavy atom. The smallest absolute Gasteiger partial charge is 0.249 e. The summed E-state index contributed by atoms with van der Waals surface area (Å²) in [7, 11) is -3.78. The van der Waals surface area contributed by atoms with Crippen molar-refractivity contribution in [1.82, 2.24) is 14.9 Å². The lowest BCUT2D eigenvalue weighted by molar-refractivity contribution is -0.137. The molecule has 1 saturated heterocycles. The summed E-state index contributed by atoms with van der Waals surface area (Å²) in [5.41, 5.74) is 0.707. The van der Waals surface area contributed by atoms with Crippen molar-refractivity contribution in [3.8, 4) is 0 Å². The van der Waals surface area contributed by atoms with Gasteiger partial charge in [0.1, 0.15) is 11.9 Å². The number of hydrogen-bond acceptors (Lipinski definition) is 4. The minimum atomic E-state index is -3.78. The van der Waals surface area contributed by atoms with E-state index in [1.54, 1.807) is 4.90 Å². The molecule has 1 heterocycles. The molecule has 33 heavy (non-hydrogen) atoms. The van der Waals surface area contributed by atoms with Gasteiger partial charge in [0.05, 0.1) is 4.90 Å². The first-order valence-corrected chi connectivity index (χ1v) is 12.5. The zero-order valence-electron chi connectivity index (χ0n) is 18.8. The molecule has 0 saturated carbocycles. The van der Waals surface area contributed by atoms with Crippen molar-refractivity contribution in [3.05, 3.63) is 66.0 Å². The number of benzene rings is 2. The van der Waals surface area contributed by atoms with Crippen LogP contribution in [-0.4, -0.2) is 44.3 Å². The third-order valence-electron chi connectivity index (χ3n) is 5.53. The van der Waals surface area contributed by atoms with Gasteiger partial charge in [-0.2, -0.15) is 0 Å². The second-order valence-electron chi connectivity index (χ2n) is 8.68. The van der Waals surface area contributed by atoms with Crippen molar-refractivity contribution in [1.29, 1.82) is 0 Å². The molecule has 0 aliphatic carbocycles. The summed E-state index contributed by atoms with van der Waals surface area (Å²) < 4.78 is 40.9. The van der Waals surface area contributed by atoms with Crippen LogP contribution in [0.4, 0.5) is 4.39 Å². The predicted octanol–water partition coefficient (Wildman–Crippen LogP) is 3.00. The lowest BCUT2D eigenvalue weighted by Gasteiger charge is -2.34. The highest BCUT2D eigenvalue weighted by Gasteiger charge is 2.32. The van der Waals surface area contributed by atoms with Crippen LogP contribution in [-0.2, 0) is 19.6 Å². The van der Waals surface area contributed by atoms with E-state index in [9.17, 15) is 22.4 Å². The molecule has 0 radical (unpaired) electrons. The largest absolute Gasteiger partial charge is 0.341 e. The van der Waals surface area contributed by atoms with Gasteiger partial charge in [-0.05, 0) is 48.6 Å².